The monoisotopic (exact) mass is 324 g/mol. The highest BCUT2D eigenvalue weighted by Crippen LogP contribution is 2.42. The first-order valence-electron chi connectivity index (χ1n) is 6.28. The van der Waals surface area contributed by atoms with Gasteiger partial charge in [0.05, 0.1) is 0 Å². The van der Waals surface area contributed by atoms with Crippen LogP contribution in [0.15, 0.2) is 35.2 Å². The van der Waals surface area contributed by atoms with Crippen LogP contribution in [0, 0.1) is 0 Å². The van der Waals surface area contributed by atoms with Crippen molar-refractivity contribution in [2.75, 3.05) is 0 Å². The zero-order valence-corrected chi connectivity index (χ0v) is 13.3. The maximum atomic E-state index is 12.0. The van der Waals surface area contributed by atoms with Gasteiger partial charge in [0.1, 0.15) is 9.77 Å². The summed E-state index contributed by atoms with van der Waals surface area (Å²) in [7, 11) is -4.06. The summed E-state index contributed by atoms with van der Waals surface area (Å²) in [6, 6.07) is 9.00. The van der Waals surface area contributed by atoms with Gasteiger partial charge in [-0.2, -0.15) is 0 Å². The standard InChI is InChI=1S/C14H16N2O3S2/c1-8(2)11-10(9-6-4-3-5-7-9)13(21(16,18)19)12(20-11)14(15)17/h3-8H,1-2H3,(H2,15,17)(H2,16,18,19). The van der Waals surface area contributed by atoms with Crippen molar-refractivity contribution in [3.8, 4) is 11.1 Å². The minimum atomic E-state index is -4.06. The lowest BCUT2D eigenvalue weighted by Crippen LogP contribution is -2.19. The molecule has 1 amide bonds. The second kappa shape index (κ2) is 5.59. The second-order valence-electron chi connectivity index (χ2n) is 4.93. The molecule has 21 heavy (non-hydrogen) atoms. The van der Waals surface area contributed by atoms with E-state index in [0.29, 0.717) is 11.1 Å². The number of carbonyl (C=O) groups excluding carboxylic acids is 1. The van der Waals surface area contributed by atoms with Crippen LogP contribution in [-0.4, -0.2) is 14.3 Å². The van der Waals surface area contributed by atoms with Gasteiger partial charge < -0.3 is 5.73 Å². The lowest BCUT2D eigenvalue weighted by Gasteiger charge is -2.09. The van der Waals surface area contributed by atoms with E-state index in [1.54, 1.807) is 24.3 Å². The van der Waals surface area contributed by atoms with Gasteiger partial charge in [-0.1, -0.05) is 44.2 Å². The molecule has 5 nitrogen and oxygen atoms in total. The Morgan fingerprint density at radius 1 is 1.19 bits per heavy atom. The fourth-order valence-electron chi connectivity index (χ4n) is 2.15. The molecule has 0 bridgehead atoms. The van der Waals surface area contributed by atoms with Crippen LogP contribution < -0.4 is 10.9 Å². The summed E-state index contributed by atoms with van der Waals surface area (Å²) in [4.78, 5) is 12.2. The van der Waals surface area contributed by atoms with Gasteiger partial charge in [-0.25, -0.2) is 13.6 Å². The molecule has 0 saturated carbocycles. The summed E-state index contributed by atoms with van der Waals surface area (Å²) in [6.07, 6.45) is 0. The van der Waals surface area contributed by atoms with Crippen molar-refractivity contribution < 1.29 is 13.2 Å². The number of thiophene rings is 1. The predicted molar refractivity (Wildman–Crippen MR) is 83.7 cm³/mol. The summed E-state index contributed by atoms with van der Waals surface area (Å²) in [5.74, 6) is -0.744. The van der Waals surface area contributed by atoms with Crippen molar-refractivity contribution in [1.29, 1.82) is 0 Å². The maximum Gasteiger partial charge on any atom is 0.260 e. The number of benzene rings is 1. The number of nitrogens with two attached hydrogens (primary N) is 2. The topological polar surface area (TPSA) is 103 Å². The van der Waals surface area contributed by atoms with Crippen LogP contribution in [0.4, 0.5) is 0 Å². The number of hydrogen-bond acceptors (Lipinski definition) is 4. The van der Waals surface area contributed by atoms with E-state index in [-0.39, 0.29) is 15.7 Å². The Morgan fingerprint density at radius 2 is 1.76 bits per heavy atom. The van der Waals surface area contributed by atoms with Gasteiger partial charge in [-0.3, -0.25) is 4.79 Å². The first-order valence-corrected chi connectivity index (χ1v) is 8.64. The molecule has 0 aliphatic heterocycles. The van der Waals surface area contributed by atoms with Crippen LogP contribution in [0.2, 0.25) is 0 Å². The first kappa shape index (κ1) is 15.7. The minimum absolute atomic E-state index is 0.0138. The second-order valence-corrected chi connectivity index (χ2v) is 7.48. The van der Waals surface area contributed by atoms with Gasteiger partial charge >= 0.3 is 0 Å². The van der Waals surface area contributed by atoms with Crippen LogP contribution >= 0.6 is 11.3 Å². The SMILES string of the molecule is CC(C)c1sc(C(N)=O)c(S(N)(=O)=O)c1-c1ccccc1. The zero-order chi connectivity index (χ0) is 15.8. The Bertz CT molecular complexity index is 778. The molecule has 7 heteroatoms. The van der Waals surface area contributed by atoms with Crippen molar-refractivity contribution in [3.05, 3.63) is 40.1 Å². The molecular weight excluding hydrogens is 308 g/mol. The third-order valence-corrected chi connectivity index (χ3v) is 5.60. The number of amides is 1. The van der Waals surface area contributed by atoms with Gasteiger partial charge in [-0.05, 0) is 11.5 Å². The van der Waals surface area contributed by atoms with Gasteiger partial charge in [0.2, 0.25) is 10.0 Å². The van der Waals surface area contributed by atoms with Gasteiger partial charge in [0, 0.05) is 10.4 Å². The van der Waals surface area contributed by atoms with Crippen molar-refractivity contribution in [1.82, 2.24) is 0 Å². The number of primary sulfonamides is 1. The molecule has 0 unspecified atom stereocenters. The highest BCUT2D eigenvalue weighted by atomic mass is 32.2. The Morgan fingerprint density at radius 3 is 2.19 bits per heavy atom. The molecule has 0 atom stereocenters. The molecule has 2 aromatic rings. The van der Waals surface area contributed by atoms with Crippen LogP contribution in [-0.2, 0) is 10.0 Å². The van der Waals surface area contributed by atoms with Crippen molar-refractivity contribution in [2.24, 2.45) is 10.9 Å². The molecule has 0 saturated heterocycles. The molecule has 0 radical (unpaired) electrons. The van der Waals surface area contributed by atoms with Crippen LogP contribution in [0.5, 0.6) is 0 Å². The number of primary amides is 1. The van der Waals surface area contributed by atoms with E-state index < -0.39 is 15.9 Å². The van der Waals surface area contributed by atoms with E-state index in [1.165, 1.54) is 0 Å². The van der Waals surface area contributed by atoms with Gasteiger partial charge in [0.15, 0.2) is 0 Å². The molecule has 0 aliphatic rings. The zero-order valence-electron chi connectivity index (χ0n) is 11.7. The van der Waals surface area contributed by atoms with E-state index in [0.717, 1.165) is 16.2 Å². The Hall–Kier alpha value is -1.70. The smallest absolute Gasteiger partial charge is 0.260 e. The first-order chi connectivity index (χ1) is 9.73. The van der Waals surface area contributed by atoms with Gasteiger partial charge in [0.25, 0.3) is 5.91 Å². The average Bonchev–Trinajstić information content (AvgIpc) is 2.80. The third kappa shape index (κ3) is 2.99. The molecule has 0 aliphatic carbocycles. The Balaban J connectivity index is 2.92. The summed E-state index contributed by atoms with van der Waals surface area (Å²) >= 11 is 1.09. The quantitative estimate of drug-likeness (QED) is 0.901. The molecule has 0 fully saturated rings. The normalized spacial score (nSPS) is 11.8. The number of rotatable bonds is 4. The summed E-state index contributed by atoms with van der Waals surface area (Å²) in [6.45, 7) is 3.85. The van der Waals surface area contributed by atoms with Crippen molar-refractivity contribution in [3.63, 3.8) is 0 Å². The molecule has 1 heterocycles. The lowest BCUT2D eigenvalue weighted by atomic mass is 10.0. The van der Waals surface area contributed by atoms with Crippen molar-refractivity contribution >= 4 is 27.3 Å². The number of sulfonamides is 1. The lowest BCUT2D eigenvalue weighted by molar-refractivity contribution is 0.100. The molecule has 4 N–H and O–H groups in total. The van der Waals surface area contributed by atoms with Crippen LogP contribution in [0.3, 0.4) is 0 Å². The Labute approximate surface area is 127 Å². The molecule has 112 valence electrons. The van der Waals surface area contributed by atoms with Crippen LogP contribution in [0.1, 0.15) is 34.3 Å². The number of carbonyl (C=O) groups is 1. The maximum absolute atomic E-state index is 12.0. The Kier molecular flexibility index (Phi) is 4.18. The number of hydrogen-bond donors (Lipinski definition) is 2. The molecular formula is C14H16N2O3S2. The molecule has 1 aromatic carbocycles. The van der Waals surface area contributed by atoms with E-state index in [4.69, 9.17) is 10.9 Å². The minimum Gasteiger partial charge on any atom is -0.365 e. The van der Waals surface area contributed by atoms with Gasteiger partial charge in [-0.15, -0.1) is 11.3 Å². The van der Waals surface area contributed by atoms with E-state index in [1.807, 2.05) is 19.9 Å². The highest BCUT2D eigenvalue weighted by Gasteiger charge is 2.30. The molecule has 1 aromatic heterocycles. The fraction of sp³-hybridized carbons (Fsp3) is 0.214. The highest BCUT2D eigenvalue weighted by molar-refractivity contribution is 7.89. The van der Waals surface area contributed by atoms with E-state index >= 15 is 0 Å². The van der Waals surface area contributed by atoms with E-state index in [9.17, 15) is 13.2 Å². The summed E-state index contributed by atoms with van der Waals surface area (Å²) in [5, 5.41) is 5.32. The van der Waals surface area contributed by atoms with E-state index in [2.05, 4.69) is 0 Å². The molecule has 2 rings (SSSR count). The van der Waals surface area contributed by atoms with Crippen LogP contribution in [0.25, 0.3) is 11.1 Å². The average molecular weight is 324 g/mol. The summed E-state index contributed by atoms with van der Waals surface area (Å²) < 4.78 is 23.9. The van der Waals surface area contributed by atoms with Crippen molar-refractivity contribution in [2.45, 2.75) is 24.7 Å². The largest absolute Gasteiger partial charge is 0.365 e. The predicted octanol–water partition coefficient (Wildman–Crippen LogP) is 2.28. The third-order valence-electron chi connectivity index (χ3n) is 2.99. The summed E-state index contributed by atoms with van der Waals surface area (Å²) in [5.41, 5.74) is 6.50. The molecule has 0 spiro atoms. The fourth-order valence-corrected chi connectivity index (χ4v) is 4.63.